The summed E-state index contributed by atoms with van der Waals surface area (Å²) in [6, 6.07) is 14.1. The van der Waals surface area contributed by atoms with Gasteiger partial charge in [0.2, 0.25) is 15.9 Å². The van der Waals surface area contributed by atoms with Crippen molar-refractivity contribution in [2.24, 2.45) is 4.99 Å². The van der Waals surface area contributed by atoms with Crippen molar-refractivity contribution < 1.29 is 17.9 Å². The van der Waals surface area contributed by atoms with Crippen LogP contribution in [0.3, 0.4) is 0 Å². The lowest BCUT2D eigenvalue weighted by atomic mass is 9.87. The van der Waals surface area contributed by atoms with Crippen molar-refractivity contribution in [3.8, 4) is 0 Å². The van der Waals surface area contributed by atoms with Crippen LogP contribution < -0.4 is 0 Å². The van der Waals surface area contributed by atoms with E-state index in [-0.39, 0.29) is 21.9 Å². The van der Waals surface area contributed by atoms with Gasteiger partial charge in [-0.3, -0.25) is 0 Å². The van der Waals surface area contributed by atoms with Crippen LogP contribution in [0.15, 0.2) is 64.1 Å². The Balaban J connectivity index is 1.92. The molecular formula is C22H24N2O4S. The highest BCUT2D eigenvalue weighted by Gasteiger charge is 2.26. The predicted octanol–water partition coefficient (Wildman–Crippen LogP) is 3.58. The molecule has 3 rings (SSSR count). The van der Waals surface area contributed by atoms with E-state index in [9.17, 15) is 13.2 Å². The number of ether oxygens (including phenoxy) is 1. The fourth-order valence-corrected chi connectivity index (χ4v) is 3.72. The minimum Gasteiger partial charge on any atom is -0.402 e. The zero-order chi connectivity index (χ0) is 21.4. The van der Waals surface area contributed by atoms with E-state index in [2.05, 4.69) is 25.8 Å². The Morgan fingerprint density at radius 2 is 1.69 bits per heavy atom. The van der Waals surface area contributed by atoms with Crippen LogP contribution in [-0.2, 0) is 25.0 Å². The monoisotopic (exact) mass is 412 g/mol. The molecule has 29 heavy (non-hydrogen) atoms. The van der Waals surface area contributed by atoms with Gasteiger partial charge in [0.15, 0.2) is 5.70 Å². The van der Waals surface area contributed by atoms with Gasteiger partial charge in [-0.05, 0) is 40.8 Å². The number of hydrogen-bond donors (Lipinski definition) is 0. The van der Waals surface area contributed by atoms with Crippen LogP contribution in [0.25, 0.3) is 6.08 Å². The van der Waals surface area contributed by atoms with Gasteiger partial charge in [0, 0.05) is 19.7 Å². The number of sulfonamides is 1. The van der Waals surface area contributed by atoms with E-state index in [1.165, 1.54) is 31.8 Å². The zero-order valence-electron chi connectivity index (χ0n) is 17.1. The van der Waals surface area contributed by atoms with Gasteiger partial charge in [0.25, 0.3) is 0 Å². The number of esters is 1. The van der Waals surface area contributed by atoms with Crippen molar-refractivity contribution in [3.63, 3.8) is 0 Å². The lowest BCUT2D eigenvalue weighted by Crippen LogP contribution is -2.22. The molecule has 0 bridgehead atoms. The van der Waals surface area contributed by atoms with E-state index < -0.39 is 16.0 Å². The summed E-state index contributed by atoms with van der Waals surface area (Å²) in [5, 5.41) is 0. The number of rotatable bonds is 4. The molecule has 0 N–H and O–H groups in total. The Kier molecular flexibility index (Phi) is 5.47. The van der Waals surface area contributed by atoms with Crippen LogP contribution in [0.2, 0.25) is 0 Å². The first-order valence-corrected chi connectivity index (χ1v) is 10.6. The minimum absolute atomic E-state index is 0.0429. The highest BCUT2D eigenvalue weighted by molar-refractivity contribution is 7.89. The van der Waals surface area contributed by atoms with Gasteiger partial charge in [-0.15, -0.1) is 0 Å². The smallest absolute Gasteiger partial charge is 0.363 e. The molecule has 0 aliphatic carbocycles. The molecule has 7 heteroatoms. The summed E-state index contributed by atoms with van der Waals surface area (Å²) in [7, 11) is -0.679. The third kappa shape index (κ3) is 4.46. The molecule has 0 saturated heterocycles. The fourth-order valence-electron chi connectivity index (χ4n) is 2.77. The first-order valence-electron chi connectivity index (χ1n) is 9.14. The summed E-state index contributed by atoms with van der Waals surface area (Å²) >= 11 is 0. The normalized spacial score (nSPS) is 16.3. The molecule has 0 radical (unpaired) electrons. The Bertz CT molecular complexity index is 1110. The van der Waals surface area contributed by atoms with Gasteiger partial charge in [0.1, 0.15) is 0 Å². The predicted molar refractivity (Wildman–Crippen MR) is 113 cm³/mol. The van der Waals surface area contributed by atoms with Crippen molar-refractivity contribution in [2.45, 2.75) is 31.1 Å². The van der Waals surface area contributed by atoms with Gasteiger partial charge in [-0.25, -0.2) is 22.5 Å². The van der Waals surface area contributed by atoms with Crippen molar-refractivity contribution in [3.05, 3.63) is 70.9 Å². The number of hydrogen-bond acceptors (Lipinski definition) is 5. The molecule has 1 heterocycles. The molecule has 6 nitrogen and oxygen atoms in total. The minimum atomic E-state index is -3.60. The highest BCUT2D eigenvalue weighted by atomic mass is 32.2. The van der Waals surface area contributed by atoms with Crippen molar-refractivity contribution in [1.82, 2.24) is 4.31 Å². The SMILES string of the molecule is CN(C)S(=O)(=O)c1cccc(C2=N/C(=C/c3ccc(C(C)(C)C)cc3)C(=O)O2)c1. The van der Waals surface area contributed by atoms with E-state index in [1.54, 1.807) is 18.2 Å². The number of cyclic esters (lactones) is 1. The second kappa shape index (κ2) is 7.57. The zero-order valence-corrected chi connectivity index (χ0v) is 17.9. The fraction of sp³-hybridized carbons (Fsp3) is 0.273. The van der Waals surface area contributed by atoms with E-state index in [0.29, 0.717) is 5.56 Å². The standard InChI is InChI=1S/C22H24N2O4S/c1-22(2,3)17-11-9-15(10-12-17)13-19-21(25)28-20(23-19)16-7-6-8-18(14-16)29(26,27)24(4)5/h6-14H,1-5H3/b19-13+. The Hall–Kier alpha value is -2.77. The van der Waals surface area contributed by atoms with Gasteiger partial charge in [0.05, 0.1) is 4.90 Å². The molecule has 0 unspecified atom stereocenters. The second-order valence-corrected chi connectivity index (χ2v) is 10.2. The molecule has 0 saturated carbocycles. The van der Waals surface area contributed by atoms with Crippen LogP contribution in [0.5, 0.6) is 0 Å². The Labute approximate surface area is 171 Å². The molecule has 1 aliphatic rings. The number of benzene rings is 2. The Morgan fingerprint density at radius 3 is 2.28 bits per heavy atom. The molecule has 2 aromatic carbocycles. The first kappa shape index (κ1) is 21.0. The number of aliphatic imine (C=N–C) groups is 1. The van der Waals surface area contributed by atoms with E-state index in [0.717, 1.165) is 9.87 Å². The van der Waals surface area contributed by atoms with Crippen LogP contribution in [0, 0.1) is 0 Å². The van der Waals surface area contributed by atoms with Crippen molar-refractivity contribution in [2.75, 3.05) is 14.1 Å². The molecule has 2 aromatic rings. The third-order valence-corrected chi connectivity index (χ3v) is 6.37. The third-order valence-electron chi connectivity index (χ3n) is 4.56. The maximum Gasteiger partial charge on any atom is 0.363 e. The molecule has 0 amide bonds. The molecule has 0 spiro atoms. The lowest BCUT2D eigenvalue weighted by Gasteiger charge is -2.18. The summed E-state index contributed by atoms with van der Waals surface area (Å²) in [5.74, 6) is -0.482. The average Bonchev–Trinajstić information content (AvgIpc) is 3.02. The highest BCUT2D eigenvalue weighted by Crippen LogP contribution is 2.25. The maximum atomic E-state index is 12.3. The Morgan fingerprint density at radius 1 is 1.03 bits per heavy atom. The summed E-state index contributed by atoms with van der Waals surface area (Å²) in [5.41, 5.74) is 2.66. The first-order chi connectivity index (χ1) is 13.5. The molecule has 1 aliphatic heterocycles. The van der Waals surface area contributed by atoms with Crippen LogP contribution in [-0.4, -0.2) is 38.7 Å². The largest absolute Gasteiger partial charge is 0.402 e. The summed E-state index contributed by atoms with van der Waals surface area (Å²) < 4.78 is 31.1. The van der Waals surface area contributed by atoms with E-state index in [4.69, 9.17) is 4.74 Å². The summed E-state index contributed by atoms with van der Waals surface area (Å²) in [6.45, 7) is 6.40. The van der Waals surface area contributed by atoms with Gasteiger partial charge >= 0.3 is 5.97 Å². The van der Waals surface area contributed by atoms with Crippen molar-refractivity contribution >= 4 is 28.0 Å². The van der Waals surface area contributed by atoms with Gasteiger partial charge < -0.3 is 4.74 Å². The van der Waals surface area contributed by atoms with Crippen LogP contribution >= 0.6 is 0 Å². The molecule has 0 atom stereocenters. The maximum absolute atomic E-state index is 12.3. The average molecular weight is 413 g/mol. The van der Waals surface area contributed by atoms with Gasteiger partial charge in [-0.2, -0.15) is 0 Å². The van der Waals surface area contributed by atoms with Crippen molar-refractivity contribution in [1.29, 1.82) is 0 Å². The molecule has 152 valence electrons. The topological polar surface area (TPSA) is 76.0 Å². The summed E-state index contributed by atoms with van der Waals surface area (Å²) in [6.07, 6.45) is 1.65. The quantitative estimate of drug-likeness (QED) is 0.568. The van der Waals surface area contributed by atoms with E-state index >= 15 is 0 Å². The second-order valence-electron chi connectivity index (χ2n) is 8.02. The van der Waals surface area contributed by atoms with Crippen LogP contribution in [0.1, 0.15) is 37.5 Å². The molecule has 0 aromatic heterocycles. The molecule has 0 fully saturated rings. The summed E-state index contributed by atoms with van der Waals surface area (Å²) in [4.78, 5) is 16.6. The van der Waals surface area contributed by atoms with Crippen LogP contribution in [0.4, 0.5) is 0 Å². The number of nitrogens with zero attached hydrogens (tertiary/aromatic N) is 2. The molecular weight excluding hydrogens is 388 g/mol. The number of carbonyl (C=O) groups excluding carboxylic acids is 1. The lowest BCUT2D eigenvalue weighted by molar-refractivity contribution is -0.129. The number of carbonyl (C=O) groups is 1. The van der Waals surface area contributed by atoms with Gasteiger partial charge in [-0.1, -0.05) is 51.1 Å². The van der Waals surface area contributed by atoms with E-state index in [1.807, 2.05) is 24.3 Å².